The van der Waals surface area contributed by atoms with Crippen LogP contribution in [-0.4, -0.2) is 60.9 Å². The van der Waals surface area contributed by atoms with E-state index < -0.39 is 0 Å². The average molecular weight is 345 g/mol. The lowest BCUT2D eigenvalue weighted by atomic mass is 10.2. The molecule has 0 atom stereocenters. The molecule has 1 fully saturated rings. The van der Waals surface area contributed by atoms with Crippen molar-refractivity contribution in [2.24, 2.45) is 0 Å². The van der Waals surface area contributed by atoms with Gasteiger partial charge in [0.15, 0.2) is 0 Å². The Balaban J connectivity index is 1.35. The third kappa shape index (κ3) is 5.19. The van der Waals surface area contributed by atoms with E-state index in [1.165, 1.54) is 11.8 Å². The van der Waals surface area contributed by atoms with Gasteiger partial charge in [-0.2, -0.15) is 0 Å². The summed E-state index contributed by atoms with van der Waals surface area (Å²) in [5.41, 5.74) is 0.966. The second-order valence-corrected chi connectivity index (χ2v) is 6.78. The molecule has 1 N–H and O–H groups in total. The van der Waals surface area contributed by atoms with Crippen molar-refractivity contribution in [1.29, 1.82) is 0 Å². The predicted octanol–water partition coefficient (Wildman–Crippen LogP) is 2.17. The molecule has 1 amide bonds. The van der Waals surface area contributed by atoms with Crippen molar-refractivity contribution in [2.75, 3.05) is 45.1 Å². The molecule has 6 heteroatoms. The molecule has 1 aliphatic rings. The van der Waals surface area contributed by atoms with Gasteiger partial charge in [-0.1, -0.05) is 36.0 Å². The molecule has 5 nitrogen and oxygen atoms in total. The monoisotopic (exact) mass is 345 g/mol. The lowest BCUT2D eigenvalue weighted by Gasteiger charge is -2.26. The van der Waals surface area contributed by atoms with Crippen molar-refractivity contribution in [1.82, 2.24) is 15.2 Å². The maximum atomic E-state index is 11.9. The molecule has 0 unspecified atom stereocenters. The van der Waals surface area contributed by atoms with E-state index in [9.17, 15) is 4.79 Å². The van der Waals surface area contributed by atoms with E-state index in [0.29, 0.717) is 5.75 Å². The Kier molecular flexibility index (Phi) is 6.46. The van der Waals surface area contributed by atoms with Gasteiger partial charge in [0.2, 0.25) is 5.91 Å². The van der Waals surface area contributed by atoms with Gasteiger partial charge in [0.1, 0.15) is 0 Å². The molecule has 1 aliphatic heterocycles. The van der Waals surface area contributed by atoms with Crippen molar-refractivity contribution >= 4 is 28.6 Å². The van der Waals surface area contributed by atoms with Crippen molar-refractivity contribution in [3.05, 3.63) is 36.4 Å². The molecule has 0 spiro atoms. The Bertz CT molecular complexity index is 674. The minimum atomic E-state index is 0.0666. The summed E-state index contributed by atoms with van der Waals surface area (Å²) in [5.74, 6) is 0.472. The molecule has 24 heavy (non-hydrogen) atoms. The maximum absolute atomic E-state index is 11.9. The molecule has 0 aliphatic carbocycles. The minimum absolute atomic E-state index is 0.0666. The maximum Gasteiger partial charge on any atom is 0.230 e. The smallest absolute Gasteiger partial charge is 0.230 e. The predicted molar refractivity (Wildman–Crippen MR) is 97.4 cm³/mol. The Morgan fingerprint density at radius 1 is 1.21 bits per heavy atom. The summed E-state index contributed by atoms with van der Waals surface area (Å²) in [4.78, 5) is 18.9. The van der Waals surface area contributed by atoms with Crippen molar-refractivity contribution in [2.45, 2.75) is 11.4 Å². The molecule has 2 heterocycles. The van der Waals surface area contributed by atoms with Crippen LogP contribution in [-0.2, 0) is 9.53 Å². The van der Waals surface area contributed by atoms with E-state index in [4.69, 9.17) is 4.74 Å². The van der Waals surface area contributed by atoms with Crippen LogP contribution in [0.25, 0.3) is 10.9 Å². The molecule has 0 saturated carbocycles. The molecule has 3 rings (SSSR count). The number of aromatic nitrogens is 1. The number of carbonyl (C=O) groups excluding carboxylic acids is 1. The van der Waals surface area contributed by atoms with Gasteiger partial charge in [0, 0.05) is 25.0 Å². The molecule has 128 valence electrons. The lowest BCUT2D eigenvalue weighted by Crippen LogP contribution is -2.38. The number of morpholine rings is 1. The summed E-state index contributed by atoms with van der Waals surface area (Å²) in [7, 11) is 0. The molecule has 1 saturated heterocycles. The van der Waals surface area contributed by atoms with Gasteiger partial charge in [0.25, 0.3) is 0 Å². The Morgan fingerprint density at radius 2 is 2.04 bits per heavy atom. The number of ether oxygens (including phenoxy) is 1. The van der Waals surface area contributed by atoms with Crippen LogP contribution in [0, 0.1) is 0 Å². The number of benzene rings is 1. The Morgan fingerprint density at radius 3 is 2.92 bits per heavy atom. The number of nitrogens with one attached hydrogen (secondary N) is 1. The first-order valence-electron chi connectivity index (χ1n) is 8.37. The van der Waals surface area contributed by atoms with Gasteiger partial charge in [-0.25, -0.2) is 4.98 Å². The number of para-hydroxylation sites is 1. The van der Waals surface area contributed by atoms with Crippen LogP contribution in [0.5, 0.6) is 0 Å². The van der Waals surface area contributed by atoms with Crippen molar-refractivity contribution < 1.29 is 9.53 Å². The number of amides is 1. The highest BCUT2D eigenvalue weighted by Gasteiger charge is 2.09. The Hall–Kier alpha value is -1.63. The molecule has 1 aromatic carbocycles. The summed E-state index contributed by atoms with van der Waals surface area (Å²) in [6, 6.07) is 12.0. The van der Waals surface area contributed by atoms with Crippen LogP contribution < -0.4 is 5.32 Å². The second kappa shape index (κ2) is 9.01. The lowest BCUT2D eigenvalue weighted by molar-refractivity contribution is -0.118. The van der Waals surface area contributed by atoms with Gasteiger partial charge >= 0.3 is 0 Å². The fraction of sp³-hybridized carbons (Fsp3) is 0.444. The number of carbonyl (C=O) groups is 1. The number of hydrogen-bond donors (Lipinski definition) is 1. The van der Waals surface area contributed by atoms with Gasteiger partial charge in [-0.15, -0.1) is 0 Å². The summed E-state index contributed by atoms with van der Waals surface area (Å²) in [5, 5.41) is 4.99. The Labute approximate surface area is 146 Å². The van der Waals surface area contributed by atoms with Gasteiger partial charge in [-0.05, 0) is 25.1 Å². The van der Waals surface area contributed by atoms with Crippen LogP contribution in [0.4, 0.5) is 0 Å². The standard InChI is InChI=1S/C18H23N3O2S/c22-17(19-8-3-9-21-10-12-23-13-11-21)14-24-18-7-6-15-4-1-2-5-16(15)20-18/h1-2,4-7H,3,8-14H2,(H,19,22). The van der Waals surface area contributed by atoms with Crippen LogP contribution in [0.3, 0.4) is 0 Å². The zero-order chi connectivity index (χ0) is 16.6. The van der Waals surface area contributed by atoms with Gasteiger partial charge in [-0.3, -0.25) is 9.69 Å². The topological polar surface area (TPSA) is 54.5 Å². The zero-order valence-corrected chi connectivity index (χ0v) is 14.6. The summed E-state index contributed by atoms with van der Waals surface area (Å²) < 4.78 is 5.32. The van der Waals surface area contributed by atoms with Crippen LogP contribution in [0.2, 0.25) is 0 Å². The minimum Gasteiger partial charge on any atom is -0.379 e. The van der Waals surface area contributed by atoms with E-state index in [1.807, 2.05) is 36.4 Å². The fourth-order valence-electron chi connectivity index (χ4n) is 2.67. The third-order valence-corrected chi connectivity index (χ3v) is 4.93. The molecular weight excluding hydrogens is 322 g/mol. The molecule has 1 aromatic heterocycles. The number of hydrogen-bond acceptors (Lipinski definition) is 5. The second-order valence-electron chi connectivity index (χ2n) is 5.79. The molecule has 0 bridgehead atoms. The van der Waals surface area contributed by atoms with E-state index in [2.05, 4.69) is 15.2 Å². The third-order valence-electron chi connectivity index (χ3n) is 4.00. The van der Waals surface area contributed by atoms with Crippen LogP contribution in [0.1, 0.15) is 6.42 Å². The van der Waals surface area contributed by atoms with E-state index in [1.54, 1.807) is 0 Å². The van der Waals surface area contributed by atoms with Crippen LogP contribution >= 0.6 is 11.8 Å². The summed E-state index contributed by atoms with van der Waals surface area (Å²) in [6.45, 7) is 5.38. The first kappa shape index (κ1) is 17.2. The normalized spacial score (nSPS) is 15.5. The quantitative estimate of drug-likeness (QED) is 0.616. The summed E-state index contributed by atoms with van der Waals surface area (Å²) >= 11 is 1.48. The zero-order valence-electron chi connectivity index (χ0n) is 13.7. The van der Waals surface area contributed by atoms with Crippen molar-refractivity contribution in [3.63, 3.8) is 0 Å². The average Bonchev–Trinajstić information content (AvgIpc) is 2.64. The molecule has 2 aromatic rings. The number of nitrogens with zero attached hydrogens (tertiary/aromatic N) is 2. The van der Waals surface area contributed by atoms with Crippen molar-refractivity contribution in [3.8, 4) is 0 Å². The largest absolute Gasteiger partial charge is 0.379 e. The first-order valence-corrected chi connectivity index (χ1v) is 9.35. The summed E-state index contributed by atoms with van der Waals surface area (Å²) in [6.07, 6.45) is 0.977. The number of thioether (sulfide) groups is 1. The SMILES string of the molecule is O=C(CSc1ccc2ccccc2n1)NCCCN1CCOCC1. The number of pyridine rings is 1. The van der Waals surface area contributed by atoms with Gasteiger partial charge in [0.05, 0.1) is 29.5 Å². The first-order chi connectivity index (χ1) is 11.8. The highest BCUT2D eigenvalue weighted by molar-refractivity contribution is 7.99. The van der Waals surface area contributed by atoms with E-state index in [0.717, 1.165) is 61.7 Å². The van der Waals surface area contributed by atoms with Crippen LogP contribution in [0.15, 0.2) is 41.4 Å². The van der Waals surface area contributed by atoms with Gasteiger partial charge < -0.3 is 10.1 Å². The highest BCUT2D eigenvalue weighted by atomic mass is 32.2. The number of fused-ring (bicyclic) bond motifs is 1. The van der Waals surface area contributed by atoms with E-state index in [-0.39, 0.29) is 5.91 Å². The van der Waals surface area contributed by atoms with E-state index >= 15 is 0 Å². The molecular formula is C18H23N3O2S. The fourth-order valence-corrected chi connectivity index (χ4v) is 3.38. The number of rotatable bonds is 7. The highest BCUT2D eigenvalue weighted by Crippen LogP contribution is 2.19. The molecule has 0 radical (unpaired) electrons.